The molecule has 0 rings (SSSR count). The molecule has 0 aliphatic heterocycles. The van der Waals surface area contributed by atoms with Crippen LogP contribution in [0.1, 0.15) is 12.8 Å². The third-order valence-corrected chi connectivity index (χ3v) is 0.989. The second-order valence-electron chi connectivity index (χ2n) is 2.00. The van der Waals surface area contributed by atoms with Gasteiger partial charge in [0, 0.05) is 6.42 Å². The van der Waals surface area contributed by atoms with Crippen molar-refractivity contribution in [2.24, 2.45) is 0 Å². The maximum absolute atomic E-state index is 11.4. The number of carbonyl (C=O) groups is 1. The molecule has 0 atom stereocenters. The van der Waals surface area contributed by atoms with Crippen LogP contribution in [0.15, 0.2) is 0 Å². The Hall–Kier alpha value is -0.810. The summed E-state index contributed by atoms with van der Waals surface area (Å²) < 4.78 is 49.6. The van der Waals surface area contributed by atoms with Crippen molar-refractivity contribution < 1.29 is 27.1 Å². The van der Waals surface area contributed by atoms with Crippen LogP contribution in [-0.2, 0) is 9.53 Å². The average molecular weight is 188 g/mol. The minimum Gasteiger partial charge on any atom is -0.461 e. The summed E-state index contributed by atoms with van der Waals surface area (Å²) in [5, 5.41) is 0. The molecule has 0 amide bonds. The van der Waals surface area contributed by atoms with Gasteiger partial charge in [0.15, 0.2) is 0 Å². The molecule has 6 heteroatoms. The second-order valence-corrected chi connectivity index (χ2v) is 2.00. The van der Waals surface area contributed by atoms with Crippen molar-refractivity contribution >= 4 is 5.97 Å². The van der Waals surface area contributed by atoms with Crippen LogP contribution >= 0.6 is 0 Å². The molecule has 0 aromatic carbocycles. The first-order valence-corrected chi connectivity index (χ1v) is 3.27. The van der Waals surface area contributed by atoms with Gasteiger partial charge in [0.1, 0.15) is 0 Å². The van der Waals surface area contributed by atoms with Crippen LogP contribution < -0.4 is 0 Å². The maximum atomic E-state index is 11.4. The molecule has 0 N–H and O–H groups in total. The predicted octanol–water partition coefficient (Wildman–Crippen LogP) is 1.84. The Kier molecular flexibility index (Phi) is 5.40. The highest BCUT2D eigenvalue weighted by molar-refractivity contribution is 5.72. The van der Waals surface area contributed by atoms with Crippen LogP contribution in [0.2, 0.25) is 0 Å². The van der Waals surface area contributed by atoms with E-state index in [0.29, 0.717) is 0 Å². The summed E-state index contributed by atoms with van der Waals surface area (Å²) in [6.45, 7) is -0.381. The topological polar surface area (TPSA) is 26.3 Å². The van der Waals surface area contributed by atoms with Gasteiger partial charge in [-0.2, -0.15) is 8.78 Å². The van der Waals surface area contributed by atoms with Gasteiger partial charge in [0.25, 0.3) is 0 Å². The number of alkyl halides is 4. The summed E-state index contributed by atoms with van der Waals surface area (Å²) in [4.78, 5) is 10.0. The minimum absolute atomic E-state index is 0.101. The monoisotopic (exact) mass is 188 g/mol. The molecule has 2 nitrogen and oxygen atoms in total. The fraction of sp³-hybridized carbons (Fsp3) is 0.833. The number of halogens is 4. The summed E-state index contributed by atoms with van der Waals surface area (Å²) in [7, 11) is 0. The van der Waals surface area contributed by atoms with E-state index in [-0.39, 0.29) is 13.0 Å². The predicted molar refractivity (Wildman–Crippen MR) is 32.2 cm³/mol. The Labute approximate surface area is 66.5 Å². The first-order valence-electron chi connectivity index (χ1n) is 3.27. The van der Waals surface area contributed by atoms with Crippen molar-refractivity contribution in [3.63, 3.8) is 0 Å². The number of rotatable bonds is 5. The first kappa shape index (κ1) is 11.2. The minimum atomic E-state index is -3.18. The number of ether oxygens (including phenoxy) is 1. The van der Waals surface area contributed by atoms with Crippen LogP contribution in [0, 0.1) is 0 Å². The molecule has 0 spiro atoms. The van der Waals surface area contributed by atoms with Crippen molar-refractivity contribution in [3.05, 3.63) is 0 Å². The lowest BCUT2D eigenvalue weighted by molar-refractivity contribution is -0.156. The molecular formula is C6H8F4O2. The lowest BCUT2D eigenvalue weighted by Crippen LogP contribution is -2.15. The fourth-order valence-electron chi connectivity index (χ4n) is 0.473. The molecule has 0 saturated carbocycles. The van der Waals surface area contributed by atoms with Gasteiger partial charge in [-0.05, 0) is 6.42 Å². The zero-order chi connectivity index (χ0) is 9.56. The quantitative estimate of drug-likeness (QED) is 0.374. The highest BCUT2D eigenvalue weighted by Crippen LogP contribution is 2.03. The van der Waals surface area contributed by atoms with Gasteiger partial charge < -0.3 is 4.74 Å². The van der Waals surface area contributed by atoms with Crippen molar-refractivity contribution in [3.8, 4) is 0 Å². The van der Waals surface area contributed by atoms with E-state index < -0.39 is 25.2 Å². The normalized spacial score (nSPS) is 10.8. The van der Waals surface area contributed by atoms with E-state index in [0.717, 1.165) is 0 Å². The molecule has 0 heterocycles. The highest BCUT2D eigenvalue weighted by Gasteiger charge is 2.16. The molecular weight excluding hydrogens is 180 g/mol. The van der Waals surface area contributed by atoms with Gasteiger partial charge in [-0.3, -0.25) is 0 Å². The van der Waals surface area contributed by atoms with Gasteiger partial charge >= 0.3 is 12.4 Å². The van der Waals surface area contributed by atoms with Gasteiger partial charge in [0.2, 0.25) is 6.43 Å². The maximum Gasteiger partial charge on any atom is 0.373 e. The van der Waals surface area contributed by atoms with Gasteiger partial charge in [-0.15, -0.1) is 0 Å². The van der Waals surface area contributed by atoms with Crippen molar-refractivity contribution in [2.75, 3.05) is 6.61 Å². The average Bonchev–Trinajstić information content (AvgIpc) is 1.97. The Morgan fingerprint density at radius 3 is 2.25 bits per heavy atom. The van der Waals surface area contributed by atoms with Gasteiger partial charge in [-0.25, -0.2) is 13.6 Å². The molecule has 0 saturated heterocycles. The molecule has 0 fully saturated rings. The SMILES string of the molecule is O=C(OCCCC(F)F)C(F)F. The zero-order valence-corrected chi connectivity index (χ0v) is 6.10. The number of carbonyl (C=O) groups excluding carboxylic acids is 1. The lowest BCUT2D eigenvalue weighted by atomic mass is 10.3. The summed E-state index contributed by atoms with van der Waals surface area (Å²) in [6.07, 6.45) is -6.22. The van der Waals surface area contributed by atoms with Crippen LogP contribution in [-0.4, -0.2) is 25.4 Å². The molecule has 0 aromatic heterocycles. The third-order valence-electron chi connectivity index (χ3n) is 0.989. The zero-order valence-electron chi connectivity index (χ0n) is 6.10. The highest BCUT2D eigenvalue weighted by atomic mass is 19.3. The number of esters is 1. The van der Waals surface area contributed by atoms with Crippen molar-refractivity contribution in [1.82, 2.24) is 0 Å². The summed E-state index contributed by atoms with van der Waals surface area (Å²) in [5.74, 6) is -1.66. The standard InChI is InChI=1S/C6H8F4O2/c7-4(8)2-1-3-12-6(11)5(9)10/h4-5H,1-3H2. The van der Waals surface area contributed by atoms with Crippen molar-refractivity contribution in [2.45, 2.75) is 25.7 Å². The smallest absolute Gasteiger partial charge is 0.373 e. The van der Waals surface area contributed by atoms with Crippen LogP contribution in [0.5, 0.6) is 0 Å². The second kappa shape index (κ2) is 5.79. The Morgan fingerprint density at radius 2 is 1.83 bits per heavy atom. The molecule has 0 unspecified atom stereocenters. The Bertz CT molecular complexity index is 138. The number of hydrogen-bond acceptors (Lipinski definition) is 2. The van der Waals surface area contributed by atoms with Gasteiger partial charge in [0.05, 0.1) is 6.61 Å². The van der Waals surface area contributed by atoms with E-state index in [4.69, 9.17) is 0 Å². The molecule has 0 aromatic rings. The van der Waals surface area contributed by atoms with Crippen LogP contribution in [0.4, 0.5) is 17.6 Å². The fourth-order valence-corrected chi connectivity index (χ4v) is 0.473. The molecule has 12 heavy (non-hydrogen) atoms. The summed E-state index contributed by atoms with van der Waals surface area (Å²) in [6, 6.07) is 0. The van der Waals surface area contributed by atoms with Crippen LogP contribution in [0.25, 0.3) is 0 Å². The summed E-state index contributed by atoms with van der Waals surface area (Å²) in [5.41, 5.74) is 0. The van der Waals surface area contributed by atoms with E-state index in [1.807, 2.05) is 0 Å². The Morgan fingerprint density at radius 1 is 1.25 bits per heavy atom. The third kappa shape index (κ3) is 5.94. The molecule has 72 valence electrons. The molecule has 0 aliphatic rings. The van der Waals surface area contributed by atoms with E-state index in [2.05, 4.69) is 4.74 Å². The molecule has 0 radical (unpaired) electrons. The first-order chi connectivity index (χ1) is 5.54. The molecule has 0 aliphatic carbocycles. The van der Waals surface area contributed by atoms with Crippen molar-refractivity contribution in [1.29, 1.82) is 0 Å². The largest absolute Gasteiger partial charge is 0.461 e. The molecule has 0 bridgehead atoms. The van der Waals surface area contributed by atoms with E-state index in [1.54, 1.807) is 0 Å². The van der Waals surface area contributed by atoms with E-state index in [9.17, 15) is 22.4 Å². The summed E-state index contributed by atoms with van der Waals surface area (Å²) >= 11 is 0. The lowest BCUT2D eigenvalue weighted by Gasteiger charge is -2.02. The van der Waals surface area contributed by atoms with Gasteiger partial charge in [-0.1, -0.05) is 0 Å². The van der Waals surface area contributed by atoms with E-state index >= 15 is 0 Å². The Balaban J connectivity index is 3.26. The number of hydrogen-bond donors (Lipinski definition) is 0. The van der Waals surface area contributed by atoms with Crippen LogP contribution in [0.3, 0.4) is 0 Å². The van der Waals surface area contributed by atoms with E-state index in [1.165, 1.54) is 0 Å².